The van der Waals surface area contributed by atoms with E-state index in [2.05, 4.69) is 16.0 Å². The fraction of sp³-hybridized carbons (Fsp3) is 0.222. The van der Waals surface area contributed by atoms with Gasteiger partial charge in [0.25, 0.3) is 0 Å². The zero-order valence-corrected chi connectivity index (χ0v) is 13.4. The summed E-state index contributed by atoms with van der Waals surface area (Å²) in [7, 11) is 0. The molecule has 2 aromatic rings. The first-order valence-electron chi connectivity index (χ1n) is 7.65. The molecule has 3 amide bonds. The molecule has 0 unspecified atom stereocenters. The number of amides is 3. The average Bonchev–Trinajstić information content (AvgIpc) is 2.55. The van der Waals surface area contributed by atoms with Crippen molar-refractivity contribution in [1.82, 2.24) is 10.6 Å². The van der Waals surface area contributed by atoms with Gasteiger partial charge < -0.3 is 16.0 Å². The van der Waals surface area contributed by atoms with Gasteiger partial charge in [0, 0.05) is 25.7 Å². The zero-order chi connectivity index (χ0) is 17.4. The minimum absolute atomic E-state index is 0.109. The number of urea groups is 1. The van der Waals surface area contributed by atoms with Gasteiger partial charge >= 0.3 is 6.03 Å². The molecule has 0 aliphatic carbocycles. The second-order valence-electron chi connectivity index (χ2n) is 5.36. The van der Waals surface area contributed by atoms with Crippen LogP contribution in [0.15, 0.2) is 48.5 Å². The summed E-state index contributed by atoms with van der Waals surface area (Å²) in [5.74, 6) is -0.407. The fourth-order valence-electron chi connectivity index (χ4n) is 2.13. The van der Waals surface area contributed by atoms with Crippen molar-refractivity contribution in [2.75, 3.05) is 11.9 Å². The number of carbonyl (C=O) groups excluding carboxylic acids is 2. The molecule has 6 heteroatoms. The van der Waals surface area contributed by atoms with Crippen molar-refractivity contribution in [3.8, 4) is 0 Å². The van der Waals surface area contributed by atoms with Crippen LogP contribution in [0.4, 0.5) is 14.9 Å². The molecule has 0 fully saturated rings. The van der Waals surface area contributed by atoms with Gasteiger partial charge in [-0.25, -0.2) is 9.18 Å². The summed E-state index contributed by atoms with van der Waals surface area (Å²) in [5, 5.41) is 8.18. The molecule has 0 saturated heterocycles. The number of nitrogens with one attached hydrogen (secondary N) is 3. The van der Waals surface area contributed by atoms with E-state index in [0.29, 0.717) is 19.5 Å². The standard InChI is InChI=1S/C18H20FN3O2/c1-13(23)22-17-8-4-14(5-9-17)10-11-20-18(24)21-12-15-2-6-16(19)7-3-15/h2-9H,10-12H2,1H3,(H,22,23)(H2,20,21,24). The number of benzene rings is 2. The van der Waals surface area contributed by atoms with Crippen molar-refractivity contribution in [3.63, 3.8) is 0 Å². The molecule has 0 atom stereocenters. The van der Waals surface area contributed by atoms with Crippen LogP contribution < -0.4 is 16.0 Å². The van der Waals surface area contributed by atoms with Crippen molar-refractivity contribution in [1.29, 1.82) is 0 Å². The van der Waals surface area contributed by atoms with Gasteiger partial charge in [0.05, 0.1) is 0 Å². The normalized spacial score (nSPS) is 10.1. The smallest absolute Gasteiger partial charge is 0.315 e. The minimum Gasteiger partial charge on any atom is -0.338 e. The van der Waals surface area contributed by atoms with E-state index in [-0.39, 0.29) is 17.8 Å². The first-order chi connectivity index (χ1) is 11.5. The number of anilines is 1. The van der Waals surface area contributed by atoms with Crippen LogP contribution in [-0.2, 0) is 17.8 Å². The minimum atomic E-state index is -0.298. The lowest BCUT2D eigenvalue weighted by molar-refractivity contribution is -0.114. The summed E-state index contributed by atoms with van der Waals surface area (Å²) >= 11 is 0. The summed E-state index contributed by atoms with van der Waals surface area (Å²) in [6, 6.07) is 13.2. The number of rotatable bonds is 6. The van der Waals surface area contributed by atoms with E-state index in [0.717, 1.165) is 16.8 Å². The molecule has 2 rings (SSSR count). The van der Waals surface area contributed by atoms with Crippen LogP contribution in [-0.4, -0.2) is 18.5 Å². The van der Waals surface area contributed by atoms with Crippen molar-refractivity contribution >= 4 is 17.6 Å². The third-order valence-corrected chi connectivity index (χ3v) is 3.34. The van der Waals surface area contributed by atoms with Crippen molar-refractivity contribution in [2.45, 2.75) is 19.9 Å². The van der Waals surface area contributed by atoms with Crippen LogP contribution in [0.3, 0.4) is 0 Å². The third-order valence-electron chi connectivity index (χ3n) is 3.34. The SMILES string of the molecule is CC(=O)Nc1ccc(CCNC(=O)NCc2ccc(F)cc2)cc1. The van der Waals surface area contributed by atoms with Crippen LogP contribution in [0.25, 0.3) is 0 Å². The molecule has 3 N–H and O–H groups in total. The molecule has 24 heavy (non-hydrogen) atoms. The highest BCUT2D eigenvalue weighted by molar-refractivity contribution is 5.88. The Morgan fingerprint density at radius 2 is 1.54 bits per heavy atom. The lowest BCUT2D eigenvalue weighted by atomic mass is 10.1. The van der Waals surface area contributed by atoms with Gasteiger partial charge in [0.1, 0.15) is 5.82 Å². The maximum absolute atomic E-state index is 12.8. The largest absolute Gasteiger partial charge is 0.338 e. The monoisotopic (exact) mass is 329 g/mol. The van der Waals surface area contributed by atoms with Gasteiger partial charge in [-0.1, -0.05) is 24.3 Å². The maximum Gasteiger partial charge on any atom is 0.315 e. The summed E-state index contributed by atoms with van der Waals surface area (Å²) < 4.78 is 12.8. The molecular weight excluding hydrogens is 309 g/mol. The van der Waals surface area contributed by atoms with Crippen LogP contribution in [0.1, 0.15) is 18.1 Å². The van der Waals surface area contributed by atoms with Gasteiger partial charge in [-0.2, -0.15) is 0 Å². The van der Waals surface area contributed by atoms with Crippen molar-refractivity contribution < 1.29 is 14.0 Å². The molecule has 0 bridgehead atoms. The maximum atomic E-state index is 12.8. The van der Waals surface area contributed by atoms with Crippen LogP contribution >= 0.6 is 0 Å². The van der Waals surface area contributed by atoms with Gasteiger partial charge in [-0.05, 0) is 41.8 Å². The molecule has 0 aliphatic rings. The van der Waals surface area contributed by atoms with Crippen LogP contribution in [0, 0.1) is 5.82 Å². The van der Waals surface area contributed by atoms with Gasteiger partial charge in [0.15, 0.2) is 0 Å². The second kappa shape index (κ2) is 8.67. The van der Waals surface area contributed by atoms with E-state index in [1.807, 2.05) is 24.3 Å². The van der Waals surface area contributed by atoms with E-state index in [1.165, 1.54) is 19.1 Å². The Morgan fingerprint density at radius 3 is 2.17 bits per heavy atom. The third kappa shape index (κ3) is 6.08. The molecular formula is C18H20FN3O2. The van der Waals surface area contributed by atoms with E-state index >= 15 is 0 Å². The highest BCUT2D eigenvalue weighted by atomic mass is 19.1. The highest BCUT2D eigenvalue weighted by Gasteiger charge is 2.01. The Balaban J connectivity index is 1.68. The fourth-order valence-corrected chi connectivity index (χ4v) is 2.13. The average molecular weight is 329 g/mol. The Morgan fingerprint density at radius 1 is 0.917 bits per heavy atom. The quantitative estimate of drug-likeness (QED) is 0.763. The van der Waals surface area contributed by atoms with Gasteiger partial charge in [-0.3, -0.25) is 4.79 Å². The van der Waals surface area contributed by atoms with Gasteiger partial charge in [-0.15, -0.1) is 0 Å². The van der Waals surface area contributed by atoms with Crippen molar-refractivity contribution in [3.05, 3.63) is 65.5 Å². The zero-order valence-electron chi connectivity index (χ0n) is 13.4. The lowest BCUT2D eigenvalue weighted by Gasteiger charge is -2.08. The van der Waals surface area contributed by atoms with E-state index in [9.17, 15) is 14.0 Å². The van der Waals surface area contributed by atoms with Gasteiger partial charge in [0.2, 0.25) is 5.91 Å². The molecule has 0 aromatic heterocycles. The number of carbonyl (C=O) groups is 2. The molecule has 5 nitrogen and oxygen atoms in total. The molecule has 2 aromatic carbocycles. The molecule has 0 heterocycles. The summed E-state index contributed by atoms with van der Waals surface area (Å²) in [6.45, 7) is 2.30. The second-order valence-corrected chi connectivity index (χ2v) is 5.36. The van der Waals surface area contributed by atoms with Crippen LogP contribution in [0.2, 0.25) is 0 Å². The summed E-state index contributed by atoms with van der Waals surface area (Å²) in [5.41, 5.74) is 2.64. The number of hydrogen-bond donors (Lipinski definition) is 3. The molecule has 126 valence electrons. The summed E-state index contributed by atoms with van der Waals surface area (Å²) in [4.78, 5) is 22.6. The number of halogens is 1. The topological polar surface area (TPSA) is 70.2 Å². The Bertz CT molecular complexity index is 684. The van der Waals surface area contributed by atoms with Crippen molar-refractivity contribution in [2.24, 2.45) is 0 Å². The number of hydrogen-bond acceptors (Lipinski definition) is 2. The predicted octanol–water partition coefficient (Wildman–Crippen LogP) is 2.83. The lowest BCUT2D eigenvalue weighted by Crippen LogP contribution is -2.36. The summed E-state index contributed by atoms with van der Waals surface area (Å²) in [6.07, 6.45) is 0.685. The highest BCUT2D eigenvalue weighted by Crippen LogP contribution is 2.09. The molecule has 0 saturated carbocycles. The Labute approximate surface area is 140 Å². The Hall–Kier alpha value is -2.89. The first-order valence-corrected chi connectivity index (χ1v) is 7.65. The van der Waals surface area contributed by atoms with E-state index < -0.39 is 0 Å². The van der Waals surface area contributed by atoms with Crippen LogP contribution in [0.5, 0.6) is 0 Å². The molecule has 0 spiro atoms. The molecule has 0 aliphatic heterocycles. The Kier molecular flexibility index (Phi) is 6.31. The predicted molar refractivity (Wildman–Crippen MR) is 91.1 cm³/mol. The van der Waals surface area contributed by atoms with E-state index in [1.54, 1.807) is 12.1 Å². The molecule has 0 radical (unpaired) electrons. The van der Waals surface area contributed by atoms with E-state index in [4.69, 9.17) is 0 Å². The first kappa shape index (κ1) is 17.5.